The van der Waals surface area contributed by atoms with Gasteiger partial charge in [0, 0.05) is 29.1 Å². The van der Waals surface area contributed by atoms with E-state index in [2.05, 4.69) is 44.6 Å². The van der Waals surface area contributed by atoms with Gasteiger partial charge in [-0.3, -0.25) is 0 Å². The molecule has 0 amide bonds. The zero-order chi connectivity index (χ0) is 12.4. The second-order valence-electron chi connectivity index (χ2n) is 4.21. The minimum Gasteiger partial charge on any atom is -0.341 e. The van der Waals surface area contributed by atoms with Crippen LogP contribution in [-0.4, -0.2) is 23.1 Å². The van der Waals surface area contributed by atoms with Crippen LogP contribution < -0.4 is 4.90 Å². The standard InChI is InChI=1S/C13H16BrN3/c1-4-9(2)17(3)13-15-8-10-11(14)6-5-7-12(10)16-13/h5-9H,4H2,1-3H3. The summed E-state index contributed by atoms with van der Waals surface area (Å²) in [5.74, 6) is 0.782. The molecule has 0 aliphatic carbocycles. The molecule has 1 aromatic heterocycles. The highest BCUT2D eigenvalue weighted by molar-refractivity contribution is 9.10. The highest BCUT2D eigenvalue weighted by atomic mass is 79.9. The lowest BCUT2D eigenvalue weighted by molar-refractivity contribution is 0.650. The molecule has 0 bridgehead atoms. The molecular weight excluding hydrogens is 278 g/mol. The average Bonchev–Trinajstić information content (AvgIpc) is 2.37. The molecule has 0 aliphatic heterocycles. The van der Waals surface area contributed by atoms with Crippen LogP contribution in [0.2, 0.25) is 0 Å². The molecule has 3 nitrogen and oxygen atoms in total. The fourth-order valence-electron chi connectivity index (χ4n) is 1.65. The molecule has 1 aromatic carbocycles. The molecule has 0 radical (unpaired) electrons. The maximum atomic E-state index is 4.59. The molecule has 1 atom stereocenters. The van der Waals surface area contributed by atoms with Gasteiger partial charge in [0.2, 0.25) is 5.95 Å². The first-order valence-corrected chi connectivity index (χ1v) is 6.57. The summed E-state index contributed by atoms with van der Waals surface area (Å²) in [4.78, 5) is 11.1. The third kappa shape index (κ3) is 2.41. The van der Waals surface area contributed by atoms with Gasteiger partial charge in [-0.2, -0.15) is 0 Å². The van der Waals surface area contributed by atoms with Gasteiger partial charge in [0.15, 0.2) is 0 Å². The number of benzene rings is 1. The van der Waals surface area contributed by atoms with Gasteiger partial charge in [-0.05, 0) is 25.5 Å². The van der Waals surface area contributed by atoms with Crippen LogP contribution in [0.1, 0.15) is 20.3 Å². The average molecular weight is 294 g/mol. The Kier molecular flexibility index (Phi) is 3.62. The van der Waals surface area contributed by atoms with Crippen molar-refractivity contribution in [3.8, 4) is 0 Å². The Hall–Kier alpha value is -1.16. The van der Waals surface area contributed by atoms with E-state index in [9.17, 15) is 0 Å². The Labute approximate surface area is 110 Å². The van der Waals surface area contributed by atoms with Crippen molar-refractivity contribution in [3.05, 3.63) is 28.9 Å². The van der Waals surface area contributed by atoms with Crippen LogP contribution in [0.5, 0.6) is 0 Å². The van der Waals surface area contributed by atoms with Crippen LogP contribution in [0.4, 0.5) is 5.95 Å². The largest absolute Gasteiger partial charge is 0.341 e. The number of rotatable bonds is 3. The molecule has 0 aliphatic rings. The molecular formula is C13H16BrN3. The van der Waals surface area contributed by atoms with Crippen LogP contribution in [0.25, 0.3) is 10.9 Å². The summed E-state index contributed by atoms with van der Waals surface area (Å²) >= 11 is 3.51. The lowest BCUT2D eigenvalue weighted by atomic mass is 10.2. The highest BCUT2D eigenvalue weighted by Gasteiger charge is 2.11. The molecule has 0 spiro atoms. The molecule has 4 heteroatoms. The van der Waals surface area contributed by atoms with Gasteiger partial charge < -0.3 is 4.90 Å². The van der Waals surface area contributed by atoms with Crippen LogP contribution in [0, 0.1) is 0 Å². The van der Waals surface area contributed by atoms with E-state index in [0.717, 1.165) is 27.7 Å². The molecule has 0 fully saturated rings. The monoisotopic (exact) mass is 293 g/mol. The fraction of sp³-hybridized carbons (Fsp3) is 0.385. The van der Waals surface area contributed by atoms with Crippen LogP contribution in [0.15, 0.2) is 28.9 Å². The van der Waals surface area contributed by atoms with E-state index in [-0.39, 0.29) is 0 Å². The molecule has 1 unspecified atom stereocenters. The summed E-state index contributed by atoms with van der Waals surface area (Å²) in [6.45, 7) is 4.34. The van der Waals surface area contributed by atoms with E-state index < -0.39 is 0 Å². The highest BCUT2D eigenvalue weighted by Crippen LogP contribution is 2.23. The van der Waals surface area contributed by atoms with Gasteiger partial charge in [0.25, 0.3) is 0 Å². The zero-order valence-corrected chi connectivity index (χ0v) is 11.9. The van der Waals surface area contributed by atoms with Gasteiger partial charge in [0.05, 0.1) is 5.52 Å². The maximum Gasteiger partial charge on any atom is 0.225 e. The van der Waals surface area contributed by atoms with Crippen molar-refractivity contribution >= 4 is 32.8 Å². The Morgan fingerprint density at radius 3 is 2.88 bits per heavy atom. The third-order valence-corrected chi connectivity index (χ3v) is 3.82. The van der Waals surface area contributed by atoms with Crippen molar-refractivity contribution in [2.24, 2.45) is 0 Å². The normalized spacial score (nSPS) is 12.7. The third-order valence-electron chi connectivity index (χ3n) is 3.13. The zero-order valence-electron chi connectivity index (χ0n) is 10.3. The van der Waals surface area contributed by atoms with Crippen molar-refractivity contribution < 1.29 is 0 Å². The second-order valence-corrected chi connectivity index (χ2v) is 5.07. The van der Waals surface area contributed by atoms with Crippen molar-refractivity contribution in [2.45, 2.75) is 26.3 Å². The second kappa shape index (κ2) is 5.00. The van der Waals surface area contributed by atoms with E-state index in [0.29, 0.717) is 6.04 Å². The van der Waals surface area contributed by atoms with E-state index in [1.165, 1.54) is 0 Å². The first-order chi connectivity index (χ1) is 8.13. The predicted octanol–water partition coefficient (Wildman–Crippen LogP) is 3.63. The van der Waals surface area contributed by atoms with Gasteiger partial charge in [-0.1, -0.05) is 28.9 Å². The molecule has 0 N–H and O–H groups in total. The fourth-order valence-corrected chi connectivity index (χ4v) is 2.11. The van der Waals surface area contributed by atoms with Gasteiger partial charge in [0.1, 0.15) is 0 Å². The summed E-state index contributed by atoms with van der Waals surface area (Å²) < 4.78 is 1.03. The molecule has 17 heavy (non-hydrogen) atoms. The molecule has 1 heterocycles. The minimum atomic E-state index is 0.444. The van der Waals surface area contributed by atoms with E-state index in [4.69, 9.17) is 0 Å². The Balaban J connectivity index is 2.45. The number of aromatic nitrogens is 2. The molecule has 0 saturated heterocycles. The first kappa shape index (κ1) is 12.3. The van der Waals surface area contributed by atoms with Crippen molar-refractivity contribution in [3.63, 3.8) is 0 Å². The lowest BCUT2D eigenvalue weighted by Crippen LogP contribution is -2.29. The number of halogens is 1. The topological polar surface area (TPSA) is 29.0 Å². The van der Waals surface area contributed by atoms with Crippen LogP contribution >= 0.6 is 15.9 Å². The minimum absolute atomic E-state index is 0.444. The van der Waals surface area contributed by atoms with E-state index in [1.807, 2.05) is 31.4 Å². The Morgan fingerprint density at radius 2 is 2.18 bits per heavy atom. The summed E-state index contributed by atoms with van der Waals surface area (Å²) in [5, 5.41) is 1.05. The Bertz CT molecular complexity index is 527. The quantitative estimate of drug-likeness (QED) is 0.865. The maximum absolute atomic E-state index is 4.59. The van der Waals surface area contributed by atoms with E-state index in [1.54, 1.807) is 0 Å². The summed E-state index contributed by atoms with van der Waals surface area (Å²) in [6, 6.07) is 6.45. The number of hydrogen-bond acceptors (Lipinski definition) is 3. The number of nitrogens with zero attached hydrogens (tertiary/aromatic N) is 3. The lowest BCUT2D eigenvalue weighted by Gasteiger charge is -2.23. The first-order valence-electron chi connectivity index (χ1n) is 5.77. The molecule has 2 rings (SSSR count). The van der Waals surface area contributed by atoms with Crippen molar-refractivity contribution in [1.29, 1.82) is 0 Å². The molecule has 90 valence electrons. The van der Waals surface area contributed by atoms with Crippen molar-refractivity contribution in [1.82, 2.24) is 9.97 Å². The molecule has 2 aromatic rings. The van der Waals surface area contributed by atoms with Crippen LogP contribution in [-0.2, 0) is 0 Å². The van der Waals surface area contributed by atoms with Crippen molar-refractivity contribution in [2.75, 3.05) is 11.9 Å². The number of anilines is 1. The van der Waals surface area contributed by atoms with Gasteiger partial charge in [-0.25, -0.2) is 9.97 Å². The summed E-state index contributed by atoms with van der Waals surface area (Å²) in [7, 11) is 2.04. The number of hydrogen-bond donors (Lipinski definition) is 0. The summed E-state index contributed by atoms with van der Waals surface area (Å²) in [6.07, 6.45) is 2.96. The van der Waals surface area contributed by atoms with Gasteiger partial charge in [-0.15, -0.1) is 0 Å². The van der Waals surface area contributed by atoms with Gasteiger partial charge >= 0.3 is 0 Å². The Morgan fingerprint density at radius 1 is 1.41 bits per heavy atom. The molecule has 0 saturated carbocycles. The number of fused-ring (bicyclic) bond motifs is 1. The SMILES string of the molecule is CCC(C)N(C)c1ncc2c(Br)cccc2n1. The predicted molar refractivity (Wildman–Crippen MR) is 75.4 cm³/mol. The van der Waals surface area contributed by atoms with E-state index >= 15 is 0 Å². The summed E-state index contributed by atoms with van der Waals surface area (Å²) in [5.41, 5.74) is 0.972. The van der Waals surface area contributed by atoms with Crippen LogP contribution in [0.3, 0.4) is 0 Å². The smallest absolute Gasteiger partial charge is 0.225 e.